The Labute approximate surface area is 161 Å². The zero-order valence-corrected chi connectivity index (χ0v) is 15.9. The van der Waals surface area contributed by atoms with Crippen LogP contribution in [0.4, 0.5) is 8.78 Å². The van der Waals surface area contributed by atoms with Gasteiger partial charge >= 0.3 is 0 Å². The summed E-state index contributed by atoms with van der Waals surface area (Å²) in [4.78, 5) is 16.6. The van der Waals surface area contributed by atoms with Crippen LogP contribution in [0.5, 0.6) is 0 Å². The van der Waals surface area contributed by atoms with Gasteiger partial charge in [0.2, 0.25) is 0 Å². The van der Waals surface area contributed by atoms with Gasteiger partial charge in [-0.2, -0.15) is 0 Å². The number of nitrogens with zero attached hydrogens (tertiary/aromatic N) is 1. The van der Waals surface area contributed by atoms with Crippen LogP contribution in [0, 0.1) is 11.6 Å². The minimum atomic E-state index is -0.693. The monoisotopic (exact) mass is 401 g/mol. The van der Waals surface area contributed by atoms with Crippen molar-refractivity contribution in [2.45, 2.75) is 37.5 Å². The fourth-order valence-electron chi connectivity index (χ4n) is 3.56. The summed E-state index contributed by atoms with van der Waals surface area (Å²) in [6, 6.07) is 3.92. The van der Waals surface area contributed by atoms with Gasteiger partial charge in [0.25, 0.3) is 5.91 Å². The summed E-state index contributed by atoms with van der Waals surface area (Å²) >= 11 is 1.39. The second-order valence-electron chi connectivity index (χ2n) is 6.43. The molecule has 0 unspecified atom stereocenters. The first kappa shape index (κ1) is 20.7. The average molecular weight is 402 g/mol. The lowest BCUT2D eigenvalue weighted by Crippen LogP contribution is -2.40. The van der Waals surface area contributed by atoms with Crippen LogP contribution in [0.25, 0.3) is 0 Å². The number of nitrogens with two attached hydrogens (primary N) is 1. The summed E-state index contributed by atoms with van der Waals surface area (Å²) in [6.45, 7) is 0.678. The molecule has 0 spiro atoms. The van der Waals surface area contributed by atoms with Crippen molar-refractivity contribution in [3.8, 4) is 0 Å². The van der Waals surface area contributed by atoms with Crippen molar-refractivity contribution >= 4 is 29.7 Å². The van der Waals surface area contributed by atoms with Gasteiger partial charge in [-0.25, -0.2) is 13.8 Å². The molecule has 1 saturated carbocycles. The van der Waals surface area contributed by atoms with E-state index in [0.717, 1.165) is 17.8 Å². The van der Waals surface area contributed by atoms with E-state index in [1.807, 2.05) is 0 Å². The molecule has 0 aliphatic heterocycles. The van der Waals surface area contributed by atoms with E-state index in [9.17, 15) is 13.6 Å². The molecule has 1 aromatic heterocycles. The maximum absolute atomic E-state index is 14.3. The molecule has 8 heteroatoms. The molecular formula is C18H22ClF2N3OS. The van der Waals surface area contributed by atoms with Crippen molar-refractivity contribution in [3.05, 3.63) is 51.5 Å². The first-order valence-electron chi connectivity index (χ1n) is 8.43. The molecule has 1 heterocycles. The first-order valence-corrected chi connectivity index (χ1v) is 9.31. The SMILES string of the molecule is Cl.NCCc1nc(C(=O)NCC2(c3c(F)cccc3F)CCCC2)cs1. The molecule has 1 aliphatic carbocycles. The van der Waals surface area contributed by atoms with E-state index >= 15 is 0 Å². The van der Waals surface area contributed by atoms with Crippen LogP contribution in [0.15, 0.2) is 23.6 Å². The Morgan fingerprint density at radius 3 is 2.54 bits per heavy atom. The number of halogens is 3. The molecule has 3 rings (SSSR count). The number of hydrogen-bond donors (Lipinski definition) is 2. The van der Waals surface area contributed by atoms with Crippen molar-refractivity contribution in [1.29, 1.82) is 0 Å². The second-order valence-corrected chi connectivity index (χ2v) is 7.37. The number of rotatable bonds is 6. The fraction of sp³-hybridized carbons (Fsp3) is 0.444. The number of aromatic nitrogens is 1. The average Bonchev–Trinajstić information content (AvgIpc) is 3.23. The minimum Gasteiger partial charge on any atom is -0.350 e. The molecule has 26 heavy (non-hydrogen) atoms. The van der Waals surface area contributed by atoms with Crippen molar-refractivity contribution in [2.24, 2.45) is 5.73 Å². The van der Waals surface area contributed by atoms with Crippen LogP contribution in [0.3, 0.4) is 0 Å². The lowest BCUT2D eigenvalue weighted by atomic mass is 9.78. The molecule has 1 aliphatic rings. The van der Waals surface area contributed by atoms with Crippen LogP contribution in [0.1, 0.15) is 46.7 Å². The Morgan fingerprint density at radius 2 is 1.92 bits per heavy atom. The molecule has 4 nitrogen and oxygen atoms in total. The molecule has 1 aromatic carbocycles. The lowest BCUT2D eigenvalue weighted by Gasteiger charge is -2.30. The molecule has 1 fully saturated rings. The van der Waals surface area contributed by atoms with Crippen LogP contribution in [-0.4, -0.2) is 24.0 Å². The molecule has 0 radical (unpaired) electrons. The van der Waals surface area contributed by atoms with Gasteiger partial charge in [0, 0.05) is 29.3 Å². The number of carbonyl (C=O) groups is 1. The number of thiazole rings is 1. The zero-order chi connectivity index (χ0) is 17.9. The summed E-state index contributed by atoms with van der Waals surface area (Å²) in [7, 11) is 0. The predicted molar refractivity (Wildman–Crippen MR) is 101 cm³/mol. The number of nitrogens with one attached hydrogen (secondary N) is 1. The second kappa shape index (κ2) is 8.88. The van der Waals surface area contributed by atoms with Gasteiger partial charge in [-0.3, -0.25) is 4.79 Å². The summed E-state index contributed by atoms with van der Waals surface area (Å²) in [6.07, 6.45) is 3.71. The molecule has 1 amide bonds. The van der Waals surface area contributed by atoms with Gasteiger partial charge < -0.3 is 11.1 Å². The molecular weight excluding hydrogens is 380 g/mol. The van der Waals surface area contributed by atoms with Crippen molar-refractivity contribution in [3.63, 3.8) is 0 Å². The third-order valence-electron chi connectivity index (χ3n) is 4.78. The summed E-state index contributed by atoms with van der Waals surface area (Å²) in [5.74, 6) is -1.41. The lowest BCUT2D eigenvalue weighted by molar-refractivity contribution is 0.0937. The molecule has 0 atom stereocenters. The first-order chi connectivity index (χ1) is 12.1. The number of carbonyl (C=O) groups excluding carboxylic acids is 1. The number of benzene rings is 1. The topological polar surface area (TPSA) is 68.0 Å². The highest BCUT2D eigenvalue weighted by atomic mass is 35.5. The van der Waals surface area contributed by atoms with Crippen LogP contribution >= 0.6 is 23.7 Å². The Morgan fingerprint density at radius 1 is 1.27 bits per heavy atom. The maximum Gasteiger partial charge on any atom is 0.270 e. The molecule has 142 valence electrons. The Bertz CT molecular complexity index is 742. The maximum atomic E-state index is 14.3. The van der Waals surface area contributed by atoms with Gasteiger partial charge in [0.15, 0.2) is 0 Å². The van der Waals surface area contributed by atoms with E-state index in [0.29, 0.717) is 31.5 Å². The number of amides is 1. The summed E-state index contributed by atoms with van der Waals surface area (Å²) in [5.41, 5.74) is 5.22. The van der Waals surface area contributed by atoms with E-state index in [-0.39, 0.29) is 30.4 Å². The molecule has 3 N–H and O–H groups in total. The van der Waals surface area contributed by atoms with Crippen molar-refractivity contribution in [1.82, 2.24) is 10.3 Å². The third kappa shape index (κ3) is 4.22. The van der Waals surface area contributed by atoms with Crippen LogP contribution in [-0.2, 0) is 11.8 Å². The van der Waals surface area contributed by atoms with Gasteiger partial charge in [0.1, 0.15) is 17.3 Å². The van der Waals surface area contributed by atoms with Crippen LogP contribution in [0.2, 0.25) is 0 Å². The summed E-state index contributed by atoms with van der Waals surface area (Å²) in [5, 5.41) is 5.33. The van der Waals surface area contributed by atoms with E-state index in [1.54, 1.807) is 5.38 Å². The highest BCUT2D eigenvalue weighted by Gasteiger charge is 2.40. The quantitative estimate of drug-likeness (QED) is 0.777. The number of hydrogen-bond acceptors (Lipinski definition) is 4. The Hall–Kier alpha value is -1.57. The van der Waals surface area contributed by atoms with Crippen molar-refractivity contribution in [2.75, 3.05) is 13.1 Å². The van der Waals surface area contributed by atoms with Gasteiger partial charge in [-0.15, -0.1) is 23.7 Å². The minimum absolute atomic E-state index is 0. The van der Waals surface area contributed by atoms with Crippen molar-refractivity contribution < 1.29 is 13.6 Å². The Balaban J connectivity index is 0.00000243. The van der Waals surface area contributed by atoms with Gasteiger partial charge in [-0.1, -0.05) is 18.9 Å². The largest absolute Gasteiger partial charge is 0.350 e. The van der Waals surface area contributed by atoms with E-state index in [4.69, 9.17) is 5.73 Å². The third-order valence-corrected chi connectivity index (χ3v) is 5.69. The van der Waals surface area contributed by atoms with E-state index in [1.165, 1.54) is 29.5 Å². The summed E-state index contributed by atoms with van der Waals surface area (Å²) < 4.78 is 28.6. The molecule has 0 saturated heterocycles. The van der Waals surface area contributed by atoms with E-state index in [2.05, 4.69) is 10.3 Å². The smallest absolute Gasteiger partial charge is 0.270 e. The van der Waals surface area contributed by atoms with Crippen LogP contribution < -0.4 is 11.1 Å². The molecule has 0 bridgehead atoms. The van der Waals surface area contributed by atoms with Gasteiger partial charge in [-0.05, 0) is 31.5 Å². The highest BCUT2D eigenvalue weighted by Crippen LogP contribution is 2.42. The van der Waals surface area contributed by atoms with E-state index < -0.39 is 17.0 Å². The normalized spacial score (nSPS) is 15.5. The predicted octanol–water partition coefficient (Wildman–Crippen LogP) is 3.59. The Kier molecular flexibility index (Phi) is 7.08. The fourth-order valence-corrected chi connectivity index (χ4v) is 4.36. The standard InChI is InChI=1S/C18H21F2N3OS.ClH/c19-12-4-3-5-13(20)16(12)18(7-1-2-8-18)11-22-17(24)14-10-25-15(23-14)6-9-21;/h3-5,10H,1-2,6-9,11,21H2,(H,22,24);1H. The van der Waals surface area contributed by atoms with Gasteiger partial charge in [0.05, 0.1) is 5.01 Å². The molecule has 2 aromatic rings. The zero-order valence-electron chi connectivity index (χ0n) is 14.3. The highest BCUT2D eigenvalue weighted by molar-refractivity contribution is 7.09.